The van der Waals surface area contributed by atoms with E-state index >= 15 is 0 Å². The number of anilines is 2. The van der Waals surface area contributed by atoms with Crippen LogP contribution >= 0.6 is 11.8 Å². The molecule has 1 aliphatic rings. The number of alkyl carbamates (subject to hydrolysis) is 1. The lowest BCUT2D eigenvalue weighted by molar-refractivity contribution is -0.115. The Morgan fingerprint density at radius 1 is 1.12 bits per heavy atom. The van der Waals surface area contributed by atoms with Crippen molar-refractivity contribution in [3.63, 3.8) is 0 Å². The van der Waals surface area contributed by atoms with E-state index in [1.54, 1.807) is 25.1 Å². The number of amides is 3. The second-order valence-corrected chi connectivity index (χ2v) is 6.49. The van der Waals surface area contributed by atoms with E-state index in [-0.39, 0.29) is 18.1 Å². The highest BCUT2D eigenvalue weighted by atomic mass is 32.2. The Kier molecular flexibility index (Phi) is 5.43. The SMILES string of the molecule is CCOC(=O)NC(=O)c1ccccc1NC(=O)C1Nc2ccccc2S1. The van der Waals surface area contributed by atoms with E-state index in [1.807, 2.05) is 24.3 Å². The van der Waals surface area contributed by atoms with Crippen molar-refractivity contribution < 1.29 is 19.1 Å². The van der Waals surface area contributed by atoms with Crippen molar-refractivity contribution in [3.8, 4) is 0 Å². The molecule has 2 aromatic rings. The van der Waals surface area contributed by atoms with Crippen LogP contribution in [0.1, 0.15) is 17.3 Å². The number of fused-ring (bicyclic) bond motifs is 1. The number of rotatable bonds is 4. The molecule has 0 aromatic heterocycles. The van der Waals surface area contributed by atoms with Crippen molar-refractivity contribution in [2.75, 3.05) is 17.2 Å². The summed E-state index contributed by atoms with van der Waals surface area (Å²) in [6.07, 6.45) is -0.831. The zero-order valence-electron chi connectivity index (χ0n) is 13.9. The van der Waals surface area contributed by atoms with Gasteiger partial charge >= 0.3 is 6.09 Å². The first-order valence-electron chi connectivity index (χ1n) is 7.98. The summed E-state index contributed by atoms with van der Waals surface area (Å²) in [5, 5.41) is 7.48. The standard InChI is InChI=1S/C18H17N3O4S/c1-2-25-18(24)21-15(22)11-7-3-4-8-12(11)19-16(23)17-20-13-9-5-6-10-14(13)26-17/h3-10,17,20H,2H2,1H3,(H,19,23)(H,21,22,24). The van der Waals surface area contributed by atoms with Gasteiger partial charge in [0.1, 0.15) is 0 Å². The predicted octanol–water partition coefficient (Wildman–Crippen LogP) is 3.06. The second-order valence-electron chi connectivity index (χ2n) is 5.35. The maximum atomic E-state index is 12.6. The maximum absolute atomic E-state index is 12.6. The summed E-state index contributed by atoms with van der Waals surface area (Å²) in [5.41, 5.74) is 1.39. The van der Waals surface area contributed by atoms with Crippen molar-refractivity contribution in [2.24, 2.45) is 0 Å². The summed E-state index contributed by atoms with van der Waals surface area (Å²) >= 11 is 1.40. The molecule has 0 bridgehead atoms. The molecule has 1 unspecified atom stereocenters. The molecule has 3 N–H and O–H groups in total. The van der Waals surface area contributed by atoms with Gasteiger partial charge in [-0.15, -0.1) is 0 Å². The molecule has 0 aliphatic carbocycles. The minimum absolute atomic E-state index is 0.155. The van der Waals surface area contributed by atoms with Crippen LogP contribution in [0.3, 0.4) is 0 Å². The minimum Gasteiger partial charge on any atom is -0.450 e. The topological polar surface area (TPSA) is 96.5 Å². The van der Waals surface area contributed by atoms with E-state index in [2.05, 4.69) is 16.0 Å². The molecule has 1 aliphatic heterocycles. The monoisotopic (exact) mass is 371 g/mol. The number of para-hydroxylation sites is 2. The van der Waals surface area contributed by atoms with Crippen molar-refractivity contribution in [3.05, 3.63) is 54.1 Å². The highest BCUT2D eigenvalue weighted by Crippen LogP contribution is 2.38. The molecular weight excluding hydrogens is 354 g/mol. The van der Waals surface area contributed by atoms with Gasteiger partial charge in [0.15, 0.2) is 5.37 Å². The third kappa shape index (κ3) is 3.97. The highest BCUT2D eigenvalue weighted by Gasteiger charge is 2.28. The molecule has 0 fully saturated rings. The van der Waals surface area contributed by atoms with Gasteiger partial charge in [-0.25, -0.2) is 4.79 Å². The summed E-state index contributed by atoms with van der Waals surface area (Å²) in [4.78, 5) is 37.2. The summed E-state index contributed by atoms with van der Waals surface area (Å²) < 4.78 is 4.70. The van der Waals surface area contributed by atoms with Crippen LogP contribution in [0.25, 0.3) is 0 Å². The van der Waals surface area contributed by atoms with Crippen LogP contribution < -0.4 is 16.0 Å². The number of hydrogen-bond acceptors (Lipinski definition) is 6. The maximum Gasteiger partial charge on any atom is 0.414 e. The normalized spacial score (nSPS) is 14.7. The van der Waals surface area contributed by atoms with Gasteiger partial charge in [-0.1, -0.05) is 36.0 Å². The molecule has 3 rings (SSSR count). The van der Waals surface area contributed by atoms with Gasteiger partial charge in [-0.05, 0) is 31.2 Å². The van der Waals surface area contributed by atoms with Crippen LogP contribution in [0.2, 0.25) is 0 Å². The van der Waals surface area contributed by atoms with Gasteiger partial charge in [0.2, 0.25) is 0 Å². The molecule has 0 spiro atoms. The fourth-order valence-electron chi connectivity index (χ4n) is 2.42. The molecule has 0 saturated carbocycles. The molecule has 1 heterocycles. The first-order valence-corrected chi connectivity index (χ1v) is 8.86. The second kappa shape index (κ2) is 7.92. The summed E-state index contributed by atoms with van der Waals surface area (Å²) in [7, 11) is 0. The van der Waals surface area contributed by atoms with Gasteiger partial charge in [0.25, 0.3) is 11.8 Å². The third-order valence-corrected chi connectivity index (χ3v) is 4.75. The van der Waals surface area contributed by atoms with Crippen LogP contribution in [0.15, 0.2) is 53.4 Å². The van der Waals surface area contributed by atoms with Gasteiger partial charge in [-0.2, -0.15) is 0 Å². The zero-order valence-corrected chi connectivity index (χ0v) is 14.8. The third-order valence-electron chi connectivity index (χ3n) is 3.58. The molecule has 26 heavy (non-hydrogen) atoms. The Bertz CT molecular complexity index is 831. The molecule has 0 saturated heterocycles. The number of nitrogens with one attached hydrogen (secondary N) is 3. The minimum atomic E-state index is -0.831. The fourth-order valence-corrected chi connectivity index (χ4v) is 3.44. The molecule has 2 aromatic carbocycles. The Hall–Kier alpha value is -3.00. The molecule has 1 atom stereocenters. The Morgan fingerprint density at radius 2 is 1.85 bits per heavy atom. The van der Waals surface area contributed by atoms with Crippen molar-refractivity contribution in [1.29, 1.82) is 0 Å². The number of hydrogen-bond donors (Lipinski definition) is 3. The van der Waals surface area contributed by atoms with Gasteiger partial charge in [0, 0.05) is 10.6 Å². The Morgan fingerprint density at radius 3 is 2.62 bits per heavy atom. The van der Waals surface area contributed by atoms with E-state index in [4.69, 9.17) is 4.74 Å². The average Bonchev–Trinajstić information content (AvgIpc) is 3.06. The smallest absolute Gasteiger partial charge is 0.414 e. The van der Waals surface area contributed by atoms with Crippen LogP contribution in [-0.2, 0) is 9.53 Å². The number of ether oxygens (including phenoxy) is 1. The zero-order chi connectivity index (χ0) is 18.5. The molecule has 134 valence electrons. The summed E-state index contributed by atoms with van der Waals surface area (Å²) in [6.45, 7) is 1.80. The number of carbonyl (C=O) groups excluding carboxylic acids is 3. The van der Waals surface area contributed by atoms with E-state index in [0.29, 0.717) is 5.69 Å². The van der Waals surface area contributed by atoms with Gasteiger partial charge in [-0.3, -0.25) is 14.9 Å². The lowest BCUT2D eigenvalue weighted by atomic mass is 10.1. The average molecular weight is 371 g/mol. The number of imide groups is 1. The van der Waals surface area contributed by atoms with E-state index < -0.39 is 17.4 Å². The first-order chi connectivity index (χ1) is 12.6. The van der Waals surface area contributed by atoms with E-state index in [9.17, 15) is 14.4 Å². The van der Waals surface area contributed by atoms with Crippen LogP contribution in [0, 0.1) is 0 Å². The Balaban J connectivity index is 1.70. The molecule has 0 radical (unpaired) electrons. The lowest BCUT2D eigenvalue weighted by Crippen LogP contribution is -2.33. The van der Waals surface area contributed by atoms with Crippen LogP contribution in [0.5, 0.6) is 0 Å². The van der Waals surface area contributed by atoms with E-state index in [0.717, 1.165) is 10.6 Å². The summed E-state index contributed by atoms with van der Waals surface area (Å²) in [5.74, 6) is -0.933. The first kappa shape index (κ1) is 17.8. The van der Waals surface area contributed by atoms with Crippen molar-refractivity contribution in [1.82, 2.24) is 5.32 Å². The number of thioether (sulfide) groups is 1. The van der Waals surface area contributed by atoms with Crippen LogP contribution in [-0.4, -0.2) is 29.9 Å². The van der Waals surface area contributed by atoms with Crippen LogP contribution in [0.4, 0.5) is 16.2 Å². The van der Waals surface area contributed by atoms with Crippen molar-refractivity contribution in [2.45, 2.75) is 17.2 Å². The predicted molar refractivity (Wildman–Crippen MR) is 99.3 cm³/mol. The van der Waals surface area contributed by atoms with Gasteiger partial charge < -0.3 is 15.4 Å². The molecule has 8 heteroatoms. The highest BCUT2D eigenvalue weighted by molar-refractivity contribution is 8.01. The number of benzene rings is 2. The quantitative estimate of drug-likeness (QED) is 0.764. The fraction of sp³-hybridized carbons (Fsp3) is 0.167. The largest absolute Gasteiger partial charge is 0.450 e. The molecule has 3 amide bonds. The van der Waals surface area contributed by atoms with Gasteiger partial charge in [0.05, 0.1) is 17.9 Å². The molecule has 7 nitrogen and oxygen atoms in total. The Labute approximate surface area is 154 Å². The van der Waals surface area contributed by atoms with E-state index in [1.165, 1.54) is 17.8 Å². The molecular formula is C18H17N3O4S. The van der Waals surface area contributed by atoms with Crippen molar-refractivity contribution >= 4 is 41.0 Å². The number of carbonyl (C=O) groups is 3. The summed E-state index contributed by atoms with van der Waals surface area (Å²) in [6, 6.07) is 14.1. The lowest BCUT2D eigenvalue weighted by Gasteiger charge is -2.14.